The SMILES string of the molecule is CNC(c1ccc(OC)cc1OC)C1CCNCC1. The van der Waals surface area contributed by atoms with Gasteiger partial charge in [-0.2, -0.15) is 0 Å². The third kappa shape index (κ3) is 3.19. The van der Waals surface area contributed by atoms with Crippen LogP contribution < -0.4 is 20.1 Å². The fraction of sp³-hybridized carbons (Fsp3) is 0.600. The summed E-state index contributed by atoms with van der Waals surface area (Å²) >= 11 is 0. The zero-order valence-electron chi connectivity index (χ0n) is 12.0. The van der Waals surface area contributed by atoms with E-state index in [9.17, 15) is 0 Å². The van der Waals surface area contributed by atoms with Crippen LogP contribution in [0.2, 0.25) is 0 Å². The Balaban J connectivity index is 2.26. The second-order valence-corrected chi connectivity index (χ2v) is 4.96. The van der Waals surface area contributed by atoms with E-state index in [0.29, 0.717) is 12.0 Å². The van der Waals surface area contributed by atoms with Crippen LogP contribution in [0.3, 0.4) is 0 Å². The number of benzene rings is 1. The smallest absolute Gasteiger partial charge is 0.127 e. The quantitative estimate of drug-likeness (QED) is 0.853. The van der Waals surface area contributed by atoms with Crippen molar-refractivity contribution in [2.45, 2.75) is 18.9 Å². The van der Waals surface area contributed by atoms with Crippen molar-refractivity contribution in [3.05, 3.63) is 23.8 Å². The molecule has 0 bridgehead atoms. The van der Waals surface area contributed by atoms with E-state index in [0.717, 1.165) is 24.6 Å². The molecule has 0 saturated carbocycles. The van der Waals surface area contributed by atoms with Crippen molar-refractivity contribution in [3.63, 3.8) is 0 Å². The van der Waals surface area contributed by atoms with Crippen molar-refractivity contribution >= 4 is 0 Å². The van der Waals surface area contributed by atoms with Gasteiger partial charge in [-0.1, -0.05) is 6.07 Å². The maximum absolute atomic E-state index is 5.53. The Kier molecular flexibility index (Phi) is 5.05. The number of ether oxygens (including phenoxy) is 2. The minimum atomic E-state index is 0.336. The van der Waals surface area contributed by atoms with E-state index in [4.69, 9.17) is 9.47 Å². The molecule has 2 N–H and O–H groups in total. The molecule has 0 aliphatic carbocycles. The molecule has 1 unspecified atom stereocenters. The summed E-state index contributed by atoms with van der Waals surface area (Å²) in [5, 5.41) is 6.86. The minimum Gasteiger partial charge on any atom is -0.497 e. The first-order valence-corrected chi connectivity index (χ1v) is 6.90. The predicted molar refractivity (Wildman–Crippen MR) is 76.9 cm³/mol. The van der Waals surface area contributed by atoms with Gasteiger partial charge >= 0.3 is 0 Å². The van der Waals surface area contributed by atoms with Crippen LogP contribution in [0.15, 0.2) is 18.2 Å². The summed E-state index contributed by atoms with van der Waals surface area (Å²) in [5.74, 6) is 2.38. The van der Waals surface area contributed by atoms with E-state index < -0.39 is 0 Å². The summed E-state index contributed by atoms with van der Waals surface area (Å²) in [6, 6.07) is 6.41. The van der Waals surface area contributed by atoms with Gasteiger partial charge in [0.25, 0.3) is 0 Å². The van der Waals surface area contributed by atoms with Crippen molar-refractivity contribution in [2.75, 3.05) is 34.4 Å². The Morgan fingerprint density at radius 1 is 1.21 bits per heavy atom. The number of piperidine rings is 1. The molecule has 1 fully saturated rings. The van der Waals surface area contributed by atoms with Gasteiger partial charge < -0.3 is 20.1 Å². The topological polar surface area (TPSA) is 42.5 Å². The second-order valence-electron chi connectivity index (χ2n) is 4.96. The molecule has 1 aliphatic rings. The predicted octanol–water partition coefficient (Wildman–Crippen LogP) is 1.96. The maximum Gasteiger partial charge on any atom is 0.127 e. The normalized spacial score (nSPS) is 18.1. The van der Waals surface area contributed by atoms with Gasteiger partial charge in [0, 0.05) is 17.7 Å². The summed E-state index contributed by atoms with van der Waals surface area (Å²) in [5.41, 5.74) is 1.22. The fourth-order valence-corrected chi connectivity index (χ4v) is 2.90. The molecule has 1 saturated heterocycles. The molecule has 0 amide bonds. The molecule has 19 heavy (non-hydrogen) atoms. The average Bonchev–Trinajstić information content (AvgIpc) is 2.49. The number of methoxy groups -OCH3 is 2. The third-order valence-corrected chi connectivity index (χ3v) is 3.94. The summed E-state index contributed by atoms with van der Waals surface area (Å²) in [7, 11) is 5.42. The molecule has 4 nitrogen and oxygen atoms in total. The van der Waals surface area contributed by atoms with E-state index in [2.05, 4.69) is 16.7 Å². The summed E-state index contributed by atoms with van der Waals surface area (Å²) < 4.78 is 10.8. The largest absolute Gasteiger partial charge is 0.497 e. The highest BCUT2D eigenvalue weighted by Crippen LogP contribution is 2.35. The maximum atomic E-state index is 5.53. The summed E-state index contributed by atoms with van der Waals surface area (Å²) in [6.45, 7) is 2.20. The molecule has 1 heterocycles. The fourth-order valence-electron chi connectivity index (χ4n) is 2.90. The van der Waals surface area contributed by atoms with Crippen molar-refractivity contribution in [3.8, 4) is 11.5 Å². The average molecular weight is 264 g/mol. The lowest BCUT2D eigenvalue weighted by atomic mass is 9.85. The molecular formula is C15H24N2O2. The van der Waals surface area contributed by atoms with Crippen molar-refractivity contribution in [1.82, 2.24) is 10.6 Å². The van der Waals surface area contributed by atoms with E-state index in [1.54, 1.807) is 14.2 Å². The van der Waals surface area contributed by atoms with Crippen LogP contribution >= 0.6 is 0 Å². The van der Waals surface area contributed by atoms with Gasteiger partial charge in [-0.25, -0.2) is 0 Å². The van der Waals surface area contributed by atoms with Gasteiger partial charge in [0.05, 0.1) is 14.2 Å². The summed E-state index contributed by atoms with van der Waals surface area (Å²) in [4.78, 5) is 0. The van der Waals surface area contributed by atoms with Crippen LogP contribution in [0.4, 0.5) is 0 Å². The van der Waals surface area contributed by atoms with Gasteiger partial charge in [0.2, 0.25) is 0 Å². The lowest BCUT2D eigenvalue weighted by molar-refractivity contribution is 0.286. The summed E-state index contributed by atoms with van der Waals surface area (Å²) in [6.07, 6.45) is 2.39. The number of nitrogens with one attached hydrogen (secondary N) is 2. The Bertz CT molecular complexity index is 403. The Morgan fingerprint density at radius 3 is 2.53 bits per heavy atom. The van der Waals surface area contributed by atoms with Crippen LogP contribution in [0.1, 0.15) is 24.4 Å². The van der Waals surface area contributed by atoms with Gasteiger partial charge in [-0.15, -0.1) is 0 Å². The van der Waals surface area contributed by atoms with E-state index in [-0.39, 0.29) is 0 Å². The highest BCUT2D eigenvalue weighted by atomic mass is 16.5. The van der Waals surface area contributed by atoms with Crippen molar-refractivity contribution in [1.29, 1.82) is 0 Å². The van der Waals surface area contributed by atoms with Gasteiger partial charge in [0.1, 0.15) is 11.5 Å². The van der Waals surface area contributed by atoms with Gasteiger partial charge in [-0.05, 0) is 45.0 Å². The number of rotatable bonds is 5. The number of hydrogen-bond donors (Lipinski definition) is 2. The molecule has 1 aromatic rings. The Hall–Kier alpha value is -1.26. The highest BCUT2D eigenvalue weighted by molar-refractivity contribution is 5.42. The van der Waals surface area contributed by atoms with Crippen LogP contribution in [-0.4, -0.2) is 34.4 Å². The minimum absolute atomic E-state index is 0.336. The molecular weight excluding hydrogens is 240 g/mol. The first-order chi connectivity index (χ1) is 9.30. The van der Waals surface area contributed by atoms with Crippen LogP contribution in [0, 0.1) is 5.92 Å². The Morgan fingerprint density at radius 2 is 1.95 bits per heavy atom. The van der Waals surface area contributed by atoms with Crippen LogP contribution in [0.25, 0.3) is 0 Å². The molecule has 1 aliphatic heterocycles. The second kappa shape index (κ2) is 6.78. The molecule has 0 spiro atoms. The molecule has 1 aromatic carbocycles. The van der Waals surface area contributed by atoms with Crippen LogP contribution in [-0.2, 0) is 0 Å². The third-order valence-electron chi connectivity index (χ3n) is 3.94. The molecule has 4 heteroatoms. The molecule has 1 atom stereocenters. The molecule has 0 radical (unpaired) electrons. The monoisotopic (exact) mass is 264 g/mol. The van der Waals surface area contributed by atoms with Crippen molar-refractivity contribution < 1.29 is 9.47 Å². The lowest BCUT2D eigenvalue weighted by Crippen LogP contribution is -2.35. The Labute approximate surface area is 115 Å². The zero-order valence-corrected chi connectivity index (χ0v) is 12.0. The number of hydrogen-bond acceptors (Lipinski definition) is 4. The lowest BCUT2D eigenvalue weighted by Gasteiger charge is -2.31. The van der Waals surface area contributed by atoms with Gasteiger partial charge in [0.15, 0.2) is 0 Å². The standard InChI is InChI=1S/C15H24N2O2/c1-16-15(11-6-8-17-9-7-11)13-5-4-12(18-2)10-14(13)19-3/h4-5,10-11,15-17H,6-9H2,1-3H3. The molecule has 0 aromatic heterocycles. The van der Waals surface area contributed by atoms with Crippen molar-refractivity contribution in [2.24, 2.45) is 5.92 Å². The molecule has 2 rings (SSSR count). The highest BCUT2D eigenvalue weighted by Gasteiger charge is 2.26. The van der Waals surface area contributed by atoms with Crippen LogP contribution in [0.5, 0.6) is 11.5 Å². The zero-order chi connectivity index (χ0) is 13.7. The van der Waals surface area contributed by atoms with E-state index >= 15 is 0 Å². The van der Waals surface area contributed by atoms with Gasteiger partial charge in [-0.3, -0.25) is 0 Å². The first kappa shape index (κ1) is 14.2. The van der Waals surface area contributed by atoms with E-state index in [1.165, 1.54) is 18.4 Å². The first-order valence-electron chi connectivity index (χ1n) is 6.90. The van der Waals surface area contributed by atoms with E-state index in [1.807, 2.05) is 19.2 Å². The molecule has 106 valence electrons.